The van der Waals surface area contributed by atoms with Gasteiger partial charge in [-0.25, -0.2) is 0 Å². The van der Waals surface area contributed by atoms with Crippen LogP contribution in [0.2, 0.25) is 0 Å². The van der Waals surface area contributed by atoms with E-state index < -0.39 is 6.10 Å². The molecule has 0 fully saturated rings. The number of nitrogens with zero attached hydrogens (tertiary/aromatic N) is 1. The van der Waals surface area contributed by atoms with Crippen molar-refractivity contribution in [3.63, 3.8) is 0 Å². The molecule has 1 N–H and O–H groups in total. The molecule has 0 aliphatic heterocycles. The van der Waals surface area contributed by atoms with Gasteiger partial charge in [-0.1, -0.05) is 18.1 Å². The molecule has 0 aliphatic rings. The summed E-state index contributed by atoms with van der Waals surface area (Å²) in [5.74, 6) is 3.22. The molecule has 5 heteroatoms. The van der Waals surface area contributed by atoms with Gasteiger partial charge in [0.1, 0.15) is 12.4 Å². The Morgan fingerprint density at radius 3 is 2.87 bits per heavy atom. The van der Waals surface area contributed by atoms with Gasteiger partial charge in [-0.15, -0.1) is 6.42 Å². The Hall–Kier alpha value is -1.58. The minimum absolute atomic E-state index is 0.219. The van der Waals surface area contributed by atoms with Crippen molar-refractivity contribution in [2.45, 2.75) is 19.1 Å². The van der Waals surface area contributed by atoms with Crippen molar-refractivity contribution in [1.29, 1.82) is 0 Å². The standard InChI is InChI=1S/C18H27NO4/c1-4-10-23-15-17(20)14-19(9-6-11-21-2)13-16-7-5-8-18(12-16)22-3/h1,5,7-8,12,17,20H,6,9-11,13-15H2,2-3H3. The molecule has 0 spiro atoms. The van der Waals surface area contributed by atoms with Crippen LogP contribution in [-0.4, -0.2) is 63.2 Å². The lowest BCUT2D eigenvalue weighted by molar-refractivity contribution is 0.0244. The number of hydrogen-bond donors (Lipinski definition) is 1. The van der Waals surface area contributed by atoms with E-state index in [0.29, 0.717) is 13.2 Å². The number of ether oxygens (including phenoxy) is 3. The maximum atomic E-state index is 10.1. The molecule has 0 saturated heterocycles. The summed E-state index contributed by atoms with van der Waals surface area (Å²) in [5.41, 5.74) is 1.14. The second-order valence-electron chi connectivity index (χ2n) is 5.31. The summed E-state index contributed by atoms with van der Waals surface area (Å²) in [6, 6.07) is 7.94. The van der Waals surface area contributed by atoms with Gasteiger partial charge in [0.05, 0.1) is 19.8 Å². The van der Waals surface area contributed by atoms with Crippen LogP contribution in [0, 0.1) is 12.3 Å². The minimum Gasteiger partial charge on any atom is -0.497 e. The lowest BCUT2D eigenvalue weighted by atomic mass is 10.2. The van der Waals surface area contributed by atoms with Gasteiger partial charge in [-0.05, 0) is 24.1 Å². The molecule has 0 heterocycles. The Labute approximate surface area is 139 Å². The smallest absolute Gasteiger partial charge is 0.119 e. The van der Waals surface area contributed by atoms with Crippen molar-refractivity contribution in [1.82, 2.24) is 4.90 Å². The number of aliphatic hydroxyl groups is 1. The molecule has 1 atom stereocenters. The fraction of sp³-hybridized carbons (Fsp3) is 0.556. The summed E-state index contributed by atoms with van der Waals surface area (Å²) in [6.07, 6.45) is 5.46. The zero-order valence-electron chi connectivity index (χ0n) is 14.0. The quantitative estimate of drug-likeness (QED) is 0.467. The molecule has 1 unspecified atom stereocenters. The van der Waals surface area contributed by atoms with Gasteiger partial charge in [0.2, 0.25) is 0 Å². The van der Waals surface area contributed by atoms with E-state index in [0.717, 1.165) is 30.8 Å². The first-order valence-corrected chi connectivity index (χ1v) is 7.73. The number of hydrogen-bond acceptors (Lipinski definition) is 5. The Morgan fingerprint density at radius 1 is 1.35 bits per heavy atom. The van der Waals surface area contributed by atoms with Gasteiger partial charge < -0.3 is 19.3 Å². The first-order valence-electron chi connectivity index (χ1n) is 7.73. The molecule has 5 nitrogen and oxygen atoms in total. The summed E-state index contributed by atoms with van der Waals surface area (Å²) in [4.78, 5) is 2.18. The highest BCUT2D eigenvalue weighted by Gasteiger charge is 2.13. The average molecular weight is 321 g/mol. The zero-order chi connectivity index (χ0) is 16.9. The van der Waals surface area contributed by atoms with Crippen LogP contribution in [0.25, 0.3) is 0 Å². The Balaban J connectivity index is 2.57. The maximum absolute atomic E-state index is 10.1. The van der Waals surface area contributed by atoms with E-state index >= 15 is 0 Å². The lowest BCUT2D eigenvalue weighted by Gasteiger charge is -2.25. The molecule has 0 saturated carbocycles. The Morgan fingerprint density at radius 2 is 2.17 bits per heavy atom. The summed E-state index contributed by atoms with van der Waals surface area (Å²) in [5, 5.41) is 10.1. The second kappa shape index (κ2) is 11.9. The molecule has 0 aromatic heterocycles. The number of methoxy groups -OCH3 is 2. The van der Waals surface area contributed by atoms with E-state index in [-0.39, 0.29) is 13.2 Å². The summed E-state index contributed by atoms with van der Waals surface area (Å²) >= 11 is 0. The fourth-order valence-electron chi connectivity index (χ4n) is 2.30. The van der Waals surface area contributed by atoms with Crippen molar-refractivity contribution in [2.75, 3.05) is 47.1 Å². The van der Waals surface area contributed by atoms with E-state index in [1.807, 2.05) is 24.3 Å². The van der Waals surface area contributed by atoms with Crippen LogP contribution >= 0.6 is 0 Å². The molecule has 0 aliphatic carbocycles. The molecule has 1 aromatic rings. The number of aliphatic hydroxyl groups excluding tert-OH is 1. The molecule has 128 valence electrons. The maximum Gasteiger partial charge on any atom is 0.119 e. The van der Waals surface area contributed by atoms with Gasteiger partial charge >= 0.3 is 0 Å². The average Bonchev–Trinajstić information content (AvgIpc) is 2.55. The molecule has 0 amide bonds. The molecule has 1 rings (SSSR count). The third-order valence-corrected chi connectivity index (χ3v) is 3.33. The van der Waals surface area contributed by atoms with Crippen molar-refractivity contribution in [3.8, 4) is 18.1 Å². The topological polar surface area (TPSA) is 51.2 Å². The van der Waals surface area contributed by atoms with Crippen molar-refractivity contribution < 1.29 is 19.3 Å². The van der Waals surface area contributed by atoms with E-state index in [1.165, 1.54) is 0 Å². The molecule has 0 radical (unpaired) electrons. The van der Waals surface area contributed by atoms with Crippen LogP contribution in [0.3, 0.4) is 0 Å². The van der Waals surface area contributed by atoms with Crippen LogP contribution in [0.1, 0.15) is 12.0 Å². The van der Waals surface area contributed by atoms with Crippen molar-refractivity contribution in [3.05, 3.63) is 29.8 Å². The first kappa shape index (κ1) is 19.5. The predicted molar refractivity (Wildman–Crippen MR) is 90.4 cm³/mol. The summed E-state index contributed by atoms with van der Waals surface area (Å²) in [6.45, 7) is 3.23. The van der Waals surface area contributed by atoms with Crippen LogP contribution in [0.15, 0.2) is 24.3 Å². The van der Waals surface area contributed by atoms with Gasteiger partial charge in [0.15, 0.2) is 0 Å². The minimum atomic E-state index is -0.573. The summed E-state index contributed by atoms with van der Waals surface area (Å²) in [7, 11) is 3.34. The van der Waals surface area contributed by atoms with Crippen LogP contribution in [0.5, 0.6) is 5.75 Å². The van der Waals surface area contributed by atoms with Crippen molar-refractivity contribution >= 4 is 0 Å². The van der Waals surface area contributed by atoms with E-state index in [1.54, 1.807) is 14.2 Å². The van der Waals surface area contributed by atoms with Crippen LogP contribution in [0.4, 0.5) is 0 Å². The zero-order valence-corrected chi connectivity index (χ0v) is 14.0. The molecule has 23 heavy (non-hydrogen) atoms. The first-order chi connectivity index (χ1) is 11.2. The third-order valence-electron chi connectivity index (χ3n) is 3.33. The second-order valence-corrected chi connectivity index (χ2v) is 5.31. The highest BCUT2D eigenvalue weighted by molar-refractivity contribution is 5.28. The largest absolute Gasteiger partial charge is 0.497 e. The molecular weight excluding hydrogens is 294 g/mol. The number of benzene rings is 1. The normalized spacial score (nSPS) is 12.1. The number of rotatable bonds is 12. The van der Waals surface area contributed by atoms with Gasteiger partial charge in [0, 0.05) is 33.4 Å². The predicted octanol–water partition coefficient (Wildman–Crippen LogP) is 1.54. The monoisotopic (exact) mass is 321 g/mol. The van der Waals surface area contributed by atoms with E-state index in [2.05, 4.69) is 10.8 Å². The van der Waals surface area contributed by atoms with E-state index in [4.69, 9.17) is 20.6 Å². The SMILES string of the molecule is C#CCOCC(O)CN(CCCOC)Cc1cccc(OC)c1. The van der Waals surface area contributed by atoms with Gasteiger partial charge in [0.25, 0.3) is 0 Å². The molecule has 0 bridgehead atoms. The Kier molecular flexibility index (Phi) is 10.1. The van der Waals surface area contributed by atoms with Crippen LogP contribution in [-0.2, 0) is 16.0 Å². The highest BCUT2D eigenvalue weighted by atomic mass is 16.5. The van der Waals surface area contributed by atoms with Gasteiger partial charge in [-0.2, -0.15) is 0 Å². The number of terminal acetylenes is 1. The third kappa shape index (κ3) is 8.58. The van der Waals surface area contributed by atoms with Crippen LogP contribution < -0.4 is 4.74 Å². The van der Waals surface area contributed by atoms with Gasteiger partial charge in [-0.3, -0.25) is 4.90 Å². The molecular formula is C18H27NO4. The fourth-order valence-corrected chi connectivity index (χ4v) is 2.30. The highest BCUT2D eigenvalue weighted by Crippen LogP contribution is 2.14. The Bertz CT molecular complexity index is 472. The van der Waals surface area contributed by atoms with E-state index in [9.17, 15) is 5.11 Å². The van der Waals surface area contributed by atoms with Crippen molar-refractivity contribution in [2.24, 2.45) is 0 Å². The molecule has 1 aromatic carbocycles. The summed E-state index contributed by atoms with van der Waals surface area (Å²) < 4.78 is 15.6. The lowest BCUT2D eigenvalue weighted by Crippen LogP contribution is -2.35.